The number of hydrogen-bond acceptors (Lipinski definition) is 2. The van der Waals surface area contributed by atoms with Crippen molar-refractivity contribution >= 4 is 0 Å². The highest BCUT2D eigenvalue weighted by Gasteiger charge is 2.24. The molecule has 2 nitrogen and oxygen atoms in total. The smallest absolute Gasteiger partial charge is 0.106 e. The van der Waals surface area contributed by atoms with E-state index in [1.807, 2.05) is 0 Å². The van der Waals surface area contributed by atoms with E-state index < -0.39 is 0 Å². The van der Waals surface area contributed by atoms with Crippen LogP contribution in [0.25, 0.3) is 0 Å². The highest BCUT2D eigenvalue weighted by molar-refractivity contribution is 5.27. The van der Waals surface area contributed by atoms with Crippen molar-refractivity contribution < 1.29 is 9.47 Å². The van der Waals surface area contributed by atoms with Gasteiger partial charge in [-0.15, -0.1) is 0 Å². The molecule has 0 N–H and O–H groups in total. The van der Waals surface area contributed by atoms with Crippen molar-refractivity contribution in [1.29, 1.82) is 0 Å². The van der Waals surface area contributed by atoms with Crippen LogP contribution in [0.2, 0.25) is 0 Å². The van der Waals surface area contributed by atoms with E-state index >= 15 is 0 Å². The molecule has 3 rings (SSSR count). The van der Waals surface area contributed by atoms with E-state index in [9.17, 15) is 0 Å². The third kappa shape index (κ3) is 4.96. The van der Waals surface area contributed by atoms with Crippen LogP contribution in [0.15, 0.2) is 48.5 Å². The first-order valence-corrected chi connectivity index (χ1v) is 10.1. The van der Waals surface area contributed by atoms with Crippen molar-refractivity contribution in [2.24, 2.45) is 0 Å². The van der Waals surface area contributed by atoms with Crippen molar-refractivity contribution in [3.8, 4) is 0 Å². The Hall–Kier alpha value is -1.64. The molecule has 26 heavy (non-hydrogen) atoms. The first kappa shape index (κ1) is 19.1. The molecule has 0 amide bonds. The summed E-state index contributed by atoms with van der Waals surface area (Å²) >= 11 is 0. The first-order valence-electron chi connectivity index (χ1n) is 10.1. The van der Waals surface area contributed by atoms with Gasteiger partial charge in [0.1, 0.15) is 12.2 Å². The minimum atomic E-state index is 0.0424. The van der Waals surface area contributed by atoms with Crippen LogP contribution in [0.1, 0.15) is 80.4 Å². The van der Waals surface area contributed by atoms with Crippen molar-refractivity contribution in [2.75, 3.05) is 13.2 Å². The summed E-state index contributed by atoms with van der Waals surface area (Å²) < 4.78 is 12.2. The Morgan fingerprint density at radius 3 is 1.81 bits per heavy atom. The molecule has 1 aliphatic rings. The van der Waals surface area contributed by atoms with Gasteiger partial charge in [-0.1, -0.05) is 82.1 Å². The van der Waals surface area contributed by atoms with Crippen molar-refractivity contribution in [1.82, 2.24) is 0 Å². The molecule has 1 fully saturated rings. The van der Waals surface area contributed by atoms with Gasteiger partial charge in [-0.3, -0.25) is 0 Å². The lowest BCUT2D eigenvalue weighted by atomic mass is 9.99. The predicted molar refractivity (Wildman–Crippen MR) is 108 cm³/mol. The molecule has 0 spiro atoms. The molecule has 2 aromatic carbocycles. The molecule has 0 unspecified atom stereocenters. The van der Waals surface area contributed by atoms with Gasteiger partial charge >= 0.3 is 0 Å². The Labute approximate surface area is 158 Å². The number of aryl methyl sites for hydroxylation is 1. The van der Waals surface area contributed by atoms with E-state index in [4.69, 9.17) is 9.47 Å². The molecule has 0 radical (unpaired) electrons. The maximum Gasteiger partial charge on any atom is 0.106 e. The summed E-state index contributed by atoms with van der Waals surface area (Å²) in [7, 11) is 0. The molecule has 140 valence electrons. The minimum absolute atomic E-state index is 0.0424. The second kappa shape index (κ2) is 9.34. The second-order valence-electron chi connectivity index (χ2n) is 7.66. The van der Waals surface area contributed by atoms with Gasteiger partial charge in [-0.25, -0.2) is 0 Å². The van der Waals surface area contributed by atoms with E-state index in [1.54, 1.807) is 0 Å². The predicted octanol–water partition coefficient (Wildman–Crippen LogP) is 6.37. The zero-order chi connectivity index (χ0) is 18.4. The fraction of sp³-hybridized carbons (Fsp3) is 0.500. The van der Waals surface area contributed by atoms with E-state index in [-0.39, 0.29) is 12.2 Å². The highest BCUT2D eigenvalue weighted by atomic mass is 16.6. The maximum atomic E-state index is 6.12. The normalized spacial score (nSPS) is 20.5. The highest BCUT2D eigenvalue weighted by Crippen LogP contribution is 2.30. The molecule has 1 aliphatic heterocycles. The van der Waals surface area contributed by atoms with Gasteiger partial charge < -0.3 is 9.47 Å². The van der Waals surface area contributed by atoms with Gasteiger partial charge in [0, 0.05) is 0 Å². The monoisotopic (exact) mass is 352 g/mol. The quantitative estimate of drug-likeness (QED) is 0.539. The van der Waals surface area contributed by atoms with Gasteiger partial charge in [0.15, 0.2) is 0 Å². The Morgan fingerprint density at radius 2 is 1.35 bits per heavy atom. The zero-order valence-corrected chi connectivity index (χ0v) is 16.4. The Bertz CT molecular complexity index is 650. The van der Waals surface area contributed by atoms with Crippen LogP contribution in [0.4, 0.5) is 0 Å². The molecular weight excluding hydrogens is 320 g/mol. The van der Waals surface area contributed by atoms with Crippen LogP contribution >= 0.6 is 0 Å². The van der Waals surface area contributed by atoms with Crippen LogP contribution in [-0.4, -0.2) is 13.2 Å². The molecule has 1 saturated heterocycles. The molecule has 0 bridgehead atoms. The van der Waals surface area contributed by atoms with Crippen LogP contribution in [0.3, 0.4) is 0 Å². The minimum Gasteiger partial charge on any atom is -0.368 e. The van der Waals surface area contributed by atoms with Crippen LogP contribution < -0.4 is 0 Å². The fourth-order valence-electron chi connectivity index (χ4n) is 3.46. The summed E-state index contributed by atoms with van der Waals surface area (Å²) in [5, 5.41) is 0. The SMILES string of the molecule is CCCCCc1ccc([C@@H]2CO[C@@H](c3ccc(C(C)C)cc3)CO2)cc1. The molecule has 0 saturated carbocycles. The first-order chi connectivity index (χ1) is 12.7. The number of unbranched alkanes of at least 4 members (excludes halogenated alkanes) is 2. The third-order valence-corrected chi connectivity index (χ3v) is 5.29. The molecule has 2 atom stereocenters. The van der Waals surface area contributed by atoms with Gasteiger partial charge in [-0.2, -0.15) is 0 Å². The molecule has 0 aliphatic carbocycles. The average Bonchev–Trinajstić information content (AvgIpc) is 2.69. The number of rotatable bonds is 7. The van der Waals surface area contributed by atoms with Crippen LogP contribution in [0, 0.1) is 0 Å². The Kier molecular flexibility index (Phi) is 6.87. The summed E-state index contributed by atoms with van der Waals surface area (Å²) in [6.07, 6.45) is 5.11. The Morgan fingerprint density at radius 1 is 0.808 bits per heavy atom. The van der Waals surface area contributed by atoms with Gasteiger partial charge in [0.2, 0.25) is 0 Å². The summed E-state index contributed by atoms with van der Waals surface area (Å²) in [5.74, 6) is 0.557. The average molecular weight is 353 g/mol. The van der Waals surface area contributed by atoms with Crippen LogP contribution in [-0.2, 0) is 15.9 Å². The standard InChI is InChI=1S/C24H32O2/c1-4-5-6-7-19-8-10-21(11-9-19)23-16-26-24(17-25-23)22-14-12-20(13-15-22)18(2)3/h8-15,18,23-24H,4-7,16-17H2,1-3H3/t23-,24+/m0/s1. The third-order valence-electron chi connectivity index (χ3n) is 5.29. The van der Waals surface area contributed by atoms with Gasteiger partial charge in [-0.05, 0) is 41.0 Å². The van der Waals surface area contributed by atoms with Crippen LogP contribution in [0.5, 0.6) is 0 Å². The van der Waals surface area contributed by atoms with Crippen molar-refractivity contribution in [3.63, 3.8) is 0 Å². The summed E-state index contributed by atoms with van der Waals surface area (Å²) in [4.78, 5) is 0. The van der Waals surface area contributed by atoms with Gasteiger partial charge in [0.05, 0.1) is 13.2 Å². The number of benzene rings is 2. The topological polar surface area (TPSA) is 18.5 Å². The molecular formula is C24H32O2. The lowest BCUT2D eigenvalue weighted by Gasteiger charge is -2.30. The fourth-order valence-corrected chi connectivity index (χ4v) is 3.46. The molecule has 0 aromatic heterocycles. The summed E-state index contributed by atoms with van der Waals surface area (Å²) in [5.41, 5.74) is 5.21. The summed E-state index contributed by atoms with van der Waals surface area (Å²) in [6.45, 7) is 7.91. The summed E-state index contributed by atoms with van der Waals surface area (Å²) in [6, 6.07) is 17.6. The van der Waals surface area contributed by atoms with E-state index in [1.165, 1.54) is 47.9 Å². The zero-order valence-electron chi connectivity index (χ0n) is 16.4. The van der Waals surface area contributed by atoms with E-state index in [2.05, 4.69) is 69.3 Å². The lowest BCUT2D eigenvalue weighted by Crippen LogP contribution is -2.25. The number of hydrogen-bond donors (Lipinski definition) is 0. The van der Waals surface area contributed by atoms with Crippen molar-refractivity contribution in [3.05, 3.63) is 70.8 Å². The molecule has 2 aromatic rings. The second-order valence-corrected chi connectivity index (χ2v) is 7.66. The lowest BCUT2D eigenvalue weighted by molar-refractivity contribution is -0.137. The van der Waals surface area contributed by atoms with Gasteiger partial charge in [0.25, 0.3) is 0 Å². The van der Waals surface area contributed by atoms with E-state index in [0.29, 0.717) is 19.1 Å². The number of ether oxygens (including phenoxy) is 2. The van der Waals surface area contributed by atoms with Crippen molar-refractivity contribution in [2.45, 2.75) is 64.6 Å². The maximum absolute atomic E-state index is 6.12. The largest absolute Gasteiger partial charge is 0.368 e. The molecule has 2 heteroatoms. The van der Waals surface area contributed by atoms with E-state index in [0.717, 1.165) is 0 Å². The Balaban J connectivity index is 1.53. The molecule has 1 heterocycles.